The molecule has 0 aliphatic carbocycles. The predicted molar refractivity (Wildman–Crippen MR) is 135 cm³/mol. The summed E-state index contributed by atoms with van der Waals surface area (Å²) in [4.78, 5) is 26.9. The van der Waals surface area contributed by atoms with Crippen LogP contribution in [0.15, 0.2) is 48.5 Å². The molecular formula is C24H32ClN3O5S. The lowest BCUT2D eigenvalue weighted by molar-refractivity contribution is -0.140. The van der Waals surface area contributed by atoms with Gasteiger partial charge in [-0.15, -0.1) is 0 Å². The maximum atomic E-state index is 13.1. The van der Waals surface area contributed by atoms with Crippen LogP contribution in [0.5, 0.6) is 5.75 Å². The fourth-order valence-electron chi connectivity index (χ4n) is 3.48. The number of nitrogens with one attached hydrogen (secondary N) is 1. The summed E-state index contributed by atoms with van der Waals surface area (Å²) in [7, 11) is -2.05. The molecule has 0 heterocycles. The molecule has 2 aromatic carbocycles. The third kappa shape index (κ3) is 7.63. The van der Waals surface area contributed by atoms with Crippen LogP contribution in [0.3, 0.4) is 0 Å². The van der Waals surface area contributed by atoms with Crippen molar-refractivity contribution in [3.8, 4) is 5.75 Å². The van der Waals surface area contributed by atoms with Crippen molar-refractivity contribution in [1.29, 1.82) is 0 Å². The first-order chi connectivity index (χ1) is 16.1. The molecule has 0 fully saturated rings. The average Bonchev–Trinajstić information content (AvgIpc) is 2.80. The van der Waals surface area contributed by atoms with E-state index in [2.05, 4.69) is 5.32 Å². The van der Waals surface area contributed by atoms with E-state index in [-0.39, 0.29) is 37.7 Å². The molecule has 0 spiro atoms. The van der Waals surface area contributed by atoms with Crippen molar-refractivity contribution in [3.05, 3.63) is 59.1 Å². The smallest absolute Gasteiger partial charge is 0.242 e. The number of carbonyl (C=O) groups excluding carboxylic acids is 2. The van der Waals surface area contributed by atoms with Gasteiger partial charge < -0.3 is 15.0 Å². The summed E-state index contributed by atoms with van der Waals surface area (Å²) in [5.74, 6) is 0.0806. The number of hydrogen-bond donors (Lipinski definition) is 1. The van der Waals surface area contributed by atoms with E-state index in [0.717, 1.165) is 11.8 Å². The lowest BCUT2D eigenvalue weighted by Crippen LogP contribution is -2.46. The molecule has 0 radical (unpaired) electrons. The van der Waals surface area contributed by atoms with Gasteiger partial charge in [-0.25, -0.2) is 8.42 Å². The third-order valence-electron chi connectivity index (χ3n) is 5.30. The molecule has 0 saturated carbocycles. The van der Waals surface area contributed by atoms with E-state index < -0.39 is 16.1 Å². The van der Waals surface area contributed by atoms with E-state index in [1.165, 1.54) is 16.3 Å². The number of rotatable bonds is 12. The lowest BCUT2D eigenvalue weighted by Gasteiger charge is -2.29. The monoisotopic (exact) mass is 509 g/mol. The molecule has 0 aromatic heterocycles. The molecule has 0 aliphatic heterocycles. The minimum atomic E-state index is -3.56. The van der Waals surface area contributed by atoms with Gasteiger partial charge in [0.1, 0.15) is 11.8 Å². The second kappa shape index (κ2) is 12.6. The topological polar surface area (TPSA) is 96.0 Å². The van der Waals surface area contributed by atoms with Gasteiger partial charge >= 0.3 is 0 Å². The van der Waals surface area contributed by atoms with Crippen molar-refractivity contribution in [2.75, 3.05) is 30.8 Å². The Morgan fingerprint density at radius 3 is 2.32 bits per heavy atom. The zero-order valence-corrected chi connectivity index (χ0v) is 21.5. The Balaban J connectivity index is 2.14. The molecule has 0 unspecified atom stereocenters. The molecule has 2 rings (SSSR count). The normalized spacial score (nSPS) is 12.0. The number of anilines is 1. The standard InChI is InChI=1S/C24H32ClN3O5S/c1-5-33-21-14-12-20(13-15-21)28(34(4,31)32)16-8-11-23(29)27(18(2)24(30)26-3)17-19-9-6-7-10-22(19)25/h6-7,9-10,12-15,18H,5,8,11,16-17H2,1-4H3,(H,26,30)/t18-/m1/s1. The van der Waals surface area contributed by atoms with Crippen molar-refractivity contribution in [1.82, 2.24) is 10.2 Å². The number of halogens is 1. The molecule has 2 aromatic rings. The molecule has 1 atom stereocenters. The summed E-state index contributed by atoms with van der Waals surface area (Å²) in [5, 5.41) is 3.07. The molecule has 186 valence electrons. The van der Waals surface area contributed by atoms with Gasteiger partial charge in [0.25, 0.3) is 0 Å². The minimum absolute atomic E-state index is 0.0643. The zero-order chi connectivity index (χ0) is 25.3. The fourth-order valence-corrected chi connectivity index (χ4v) is 4.64. The van der Waals surface area contributed by atoms with Crippen LogP contribution in [-0.2, 0) is 26.2 Å². The molecule has 8 nitrogen and oxygen atoms in total. The van der Waals surface area contributed by atoms with Crippen LogP contribution in [0.1, 0.15) is 32.3 Å². The number of benzene rings is 2. The van der Waals surface area contributed by atoms with E-state index in [0.29, 0.717) is 23.1 Å². The van der Waals surface area contributed by atoms with Gasteiger partial charge in [-0.1, -0.05) is 29.8 Å². The Labute approximate surface area is 206 Å². The first kappa shape index (κ1) is 27.5. The quantitative estimate of drug-likeness (QED) is 0.472. The van der Waals surface area contributed by atoms with Crippen LogP contribution in [0.25, 0.3) is 0 Å². The number of carbonyl (C=O) groups is 2. The highest BCUT2D eigenvalue weighted by molar-refractivity contribution is 7.92. The molecule has 10 heteroatoms. The van der Waals surface area contributed by atoms with E-state index in [1.807, 2.05) is 13.0 Å². The number of nitrogens with zero attached hydrogens (tertiary/aromatic N) is 2. The van der Waals surface area contributed by atoms with Gasteiger partial charge in [0, 0.05) is 31.6 Å². The minimum Gasteiger partial charge on any atom is -0.494 e. The summed E-state index contributed by atoms with van der Waals surface area (Å²) in [6, 6.07) is 13.2. The number of hydrogen-bond acceptors (Lipinski definition) is 5. The highest BCUT2D eigenvalue weighted by Gasteiger charge is 2.26. The van der Waals surface area contributed by atoms with Gasteiger partial charge in [-0.2, -0.15) is 0 Å². The maximum absolute atomic E-state index is 13.1. The molecule has 0 saturated heterocycles. The van der Waals surface area contributed by atoms with Gasteiger partial charge in [-0.05, 0) is 56.2 Å². The maximum Gasteiger partial charge on any atom is 0.242 e. The lowest BCUT2D eigenvalue weighted by atomic mass is 10.1. The van der Waals surface area contributed by atoms with Crippen molar-refractivity contribution < 1.29 is 22.7 Å². The first-order valence-corrected chi connectivity index (χ1v) is 13.3. The molecule has 2 amide bonds. The molecule has 0 aliphatic rings. The van der Waals surface area contributed by atoms with Crippen LogP contribution in [0.2, 0.25) is 5.02 Å². The summed E-state index contributed by atoms with van der Waals surface area (Å²) in [6.45, 7) is 4.31. The van der Waals surface area contributed by atoms with Crippen LogP contribution in [-0.4, -0.2) is 57.6 Å². The fraction of sp³-hybridized carbons (Fsp3) is 0.417. The Kier molecular flexibility index (Phi) is 10.2. The highest BCUT2D eigenvalue weighted by atomic mass is 35.5. The zero-order valence-electron chi connectivity index (χ0n) is 20.0. The Morgan fingerprint density at radius 1 is 1.12 bits per heavy atom. The number of sulfonamides is 1. The summed E-state index contributed by atoms with van der Waals surface area (Å²) < 4.78 is 31.5. The summed E-state index contributed by atoms with van der Waals surface area (Å²) in [6.07, 6.45) is 1.47. The highest BCUT2D eigenvalue weighted by Crippen LogP contribution is 2.23. The summed E-state index contributed by atoms with van der Waals surface area (Å²) in [5.41, 5.74) is 1.21. The molecule has 34 heavy (non-hydrogen) atoms. The second-order valence-corrected chi connectivity index (χ2v) is 10.1. The van der Waals surface area contributed by atoms with Crippen LogP contribution in [0.4, 0.5) is 5.69 Å². The van der Waals surface area contributed by atoms with Crippen molar-refractivity contribution in [2.24, 2.45) is 0 Å². The average molecular weight is 510 g/mol. The number of amides is 2. The largest absolute Gasteiger partial charge is 0.494 e. The van der Waals surface area contributed by atoms with E-state index >= 15 is 0 Å². The predicted octanol–water partition coefficient (Wildman–Crippen LogP) is 3.45. The van der Waals surface area contributed by atoms with Gasteiger partial charge in [-0.3, -0.25) is 13.9 Å². The SMILES string of the molecule is CCOc1ccc(N(CCCC(=O)N(Cc2ccccc2Cl)[C@H](C)C(=O)NC)S(C)(=O)=O)cc1. The van der Waals surface area contributed by atoms with E-state index in [1.54, 1.807) is 49.4 Å². The Bertz CT molecular complexity index is 1080. The summed E-state index contributed by atoms with van der Waals surface area (Å²) >= 11 is 6.27. The molecule has 1 N–H and O–H groups in total. The Hall–Kier alpha value is -2.78. The van der Waals surface area contributed by atoms with E-state index in [9.17, 15) is 18.0 Å². The first-order valence-electron chi connectivity index (χ1n) is 11.0. The van der Waals surface area contributed by atoms with Crippen molar-refractivity contribution >= 4 is 39.1 Å². The van der Waals surface area contributed by atoms with Crippen molar-refractivity contribution in [3.63, 3.8) is 0 Å². The van der Waals surface area contributed by atoms with Gasteiger partial charge in [0.05, 0.1) is 18.6 Å². The van der Waals surface area contributed by atoms with Crippen molar-refractivity contribution in [2.45, 2.75) is 39.3 Å². The second-order valence-electron chi connectivity index (χ2n) is 7.77. The van der Waals surface area contributed by atoms with Gasteiger partial charge in [0.2, 0.25) is 21.8 Å². The third-order valence-corrected chi connectivity index (χ3v) is 6.86. The van der Waals surface area contributed by atoms with Crippen LogP contribution < -0.4 is 14.4 Å². The van der Waals surface area contributed by atoms with E-state index in [4.69, 9.17) is 16.3 Å². The Morgan fingerprint density at radius 2 is 1.76 bits per heavy atom. The van der Waals surface area contributed by atoms with Crippen LogP contribution in [0, 0.1) is 0 Å². The molecule has 0 bridgehead atoms. The van der Waals surface area contributed by atoms with Gasteiger partial charge in [0.15, 0.2) is 0 Å². The number of ether oxygens (including phenoxy) is 1. The number of likely N-dealkylation sites (N-methyl/N-ethyl adjacent to an activating group) is 1. The van der Waals surface area contributed by atoms with Crippen LogP contribution >= 0.6 is 11.6 Å². The molecular weight excluding hydrogens is 478 g/mol.